The Hall–Kier alpha value is -2.54. The molecule has 3 rings (SSSR count). The van der Waals surface area contributed by atoms with Gasteiger partial charge >= 0.3 is 0 Å². The van der Waals surface area contributed by atoms with Gasteiger partial charge in [-0.1, -0.05) is 6.07 Å². The van der Waals surface area contributed by atoms with Gasteiger partial charge in [0.2, 0.25) is 0 Å². The molecule has 1 N–H and O–H groups in total. The molecule has 1 saturated heterocycles. The molecule has 114 valence electrons. The van der Waals surface area contributed by atoms with Crippen molar-refractivity contribution in [1.82, 2.24) is 20.5 Å². The quantitative estimate of drug-likeness (QED) is 0.892. The van der Waals surface area contributed by atoms with Crippen LogP contribution in [0.2, 0.25) is 0 Å². The SMILES string of the molecule is O=C(NCc1cccnc1N1CCOCC1)c1ccnnc1. The number of amides is 1. The predicted molar refractivity (Wildman–Crippen MR) is 80.5 cm³/mol. The van der Waals surface area contributed by atoms with Crippen LogP contribution in [-0.4, -0.2) is 47.4 Å². The van der Waals surface area contributed by atoms with Crippen molar-refractivity contribution in [3.05, 3.63) is 47.9 Å². The molecule has 0 aromatic carbocycles. The maximum atomic E-state index is 12.1. The average Bonchev–Trinajstić information content (AvgIpc) is 2.61. The van der Waals surface area contributed by atoms with Gasteiger partial charge in [0.05, 0.1) is 31.2 Å². The van der Waals surface area contributed by atoms with Gasteiger partial charge in [-0.05, 0) is 12.1 Å². The zero-order valence-electron chi connectivity index (χ0n) is 12.1. The number of carbonyl (C=O) groups excluding carboxylic acids is 1. The normalized spacial score (nSPS) is 14.6. The number of anilines is 1. The minimum Gasteiger partial charge on any atom is -0.378 e. The molecule has 3 heterocycles. The monoisotopic (exact) mass is 299 g/mol. The van der Waals surface area contributed by atoms with Crippen LogP contribution in [0.1, 0.15) is 15.9 Å². The summed E-state index contributed by atoms with van der Waals surface area (Å²) in [5.41, 5.74) is 1.48. The summed E-state index contributed by atoms with van der Waals surface area (Å²) in [4.78, 5) is 18.7. The average molecular weight is 299 g/mol. The van der Waals surface area contributed by atoms with E-state index in [2.05, 4.69) is 25.4 Å². The Bertz CT molecular complexity index is 629. The van der Waals surface area contributed by atoms with Crippen LogP contribution >= 0.6 is 0 Å². The summed E-state index contributed by atoms with van der Waals surface area (Å²) in [6.07, 6.45) is 4.71. The zero-order chi connectivity index (χ0) is 15.2. The van der Waals surface area contributed by atoms with Crippen molar-refractivity contribution in [2.75, 3.05) is 31.2 Å². The van der Waals surface area contributed by atoms with E-state index in [9.17, 15) is 4.79 Å². The molecule has 0 unspecified atom stereocenters. The maximum Gasteiger partial charge on any atom is 0.253 e. The lowest BCUT2D eigenvalue weighted by atomic mass is 10.2. The number of hydrogen-bond acceptors (Lipinski definition) is 6. The van der Waals surface area contributed by atoms with E-state index in [1.807, 2.05) is 12.1 Å². The Morgan fingerprint density at radius 2 is 2.09 bits per heavy atom. The highest BCUT2D eigenvalue weighted by Crippen LogP contribution is 2.18. The van der Waals surface area contributed by atoms with E-state index in [1.54, 1.807) is 12.3 Å². The van der Waals surface area contributed by atoms with Crippen molar-refractivity contribution in [2.24, 2.45) is 0 Å². The molecular weight excluding hydrogens is 282 g/mol. The first-order chi connectivity index (χ1) is 10.8. The highest BCUT2D eigenvalue weighted by Gasteiger charge is 2.16. The molecule has 0 saturated carbocycles. The molecule has 2 aromatic rings. The van der Waals surface area contributed by atoms with Crippen molar-refractivity contribution in [2.45, 2.75) is 6.54 Å². The number of pyridine rings is 1. The lowest BCUT2D eigenvalue weighted by Gasteiger charge is -2.29. The number of aromatic nitrogens is 3. The van der Waals surface area contributed by atoms with Gasteiger partial charge in [0.25, 0.3) is 5.91 Å². The molecule has 1 aliphatic rings. The largest absolute Gasteiger partial charge is 0.378 e. The highest BCUT2D eigenvalue weighted by molar-refractivity contribution is 5.93. The van der Waals surface area contributed by atoms with Crippen LogP contribution in [-0.2, 0) is 11.3 Å². The smallest absolute Gasteiger partial charge is 0.253 e. The fourth-order valence-corrected chi connectivity index (χ4v) is 2.33. The molecule has 0 atom stereocenters. The third-order valence-corrected chi connectivity index (χ3v) is 3.46. The molecule has 0 bridgehead atoms. The number of hydrogen-bond donors (Lipinski definition) is 1. The molecule has 0 spiro atoms. The van der Waals surface area contributed by atoms with Gasteiger partial charge in [0, 0.05) is 31.4 Å². The number of ether oxygens (including phenoxy) is 1. The Morgan fingerprint density at radius 3 is 2.86 bits per heavy atom. The highest BCUT2D eigenvalue weighted by atomic mass is 16.5. The van der Waals surface area contributed by atoms with Crippen LogP contribution in [0.25, 0.3) is 0 Å². The molecule has 1 aliphatic heterocycles. The van der Waals surface area contributed by atoms with Gasteiger partial charge in [-0.3, -0.25) is 4.79 Å². The minimum absolute atomic E-state index is 0.174. The molecule has 1 amide bonds. The molecule has 2 aromatic heterocycles. The number of nitrogens with one attached hydrogen (secondary N) is 1. The van der Waals surface area contributed by atoms with Crippen LogP contribution in [0.15, 0.2) is 36.8 Å². The van der Waals surface area contributed by atoms with E-state index in [4.69, 9.17) is 4.74 Å². The van der Waals surface area contributed by atoms with Crippen molar-refractivity contribution < 1.29 is 9.53 Å². The van der Waals surface area contributed by atoms with Gasteiger partial charge in [0.15, 0.2) is 0 Å². The molecule has 7 heteroatoms. The third kappa shape index (κ3) is 3.37. The Balaban J connectivity index is 1.69. The van der Waals surface area contributed by atoms with Gasteiger partial charge in [0.1, 0.15) is 5.82 Å². The number of nitrogens with zero attached hydrogens (tertiary/aromatic N) is 4. The van der Waals surface area contributed by atoms with Crippen LogP contribution < -0.4 is 10.2 Å². The summed E-state index contributed by atoms with van der Waals surface area (Å²) >= 11 is 0. The Kier molecular flexibility index (Phi) is 4.55. The standard InChI is InChI=1S/C15H17N5O2/c21-15(13-3-5-18-19-11-13)17-10-12-2-1-4-16-14(12)20-6-8-22-9-7-20/h1-5,11H,6-10H2,(H,17,21). The second-order valence-electron chi connectivity index (χ2n) is 4.90. The Morgan fingerprint density at radius 1 is 1.23 bits per heavy atom. The maximum absolute atomic E-state index is 12.1. The van der Waals surface area contributed by atoms with E-state index in [0.29, 0.717) is 25.3 Å². The van der Waals surface area contributed by atoms with Crippen molar-refractivity contribution in [3.63, 3.8) is 0 Å². The van der Waals surface area contributed by atoms with E-state index in [1.165, 1.54) is 12.4 Å². The van der Waals surface area contributed by atoms with Gasteiger partial charge in [-0.25, -0.2) is 4.98 Å². The molecule has 0 aliphatic carbocycles. The number of morpholine rings is 1. The second-order valence-corrected chi connectivity index (χ2v) is 4.90. The van der Waals surface area contributed by atoms with Crippen molar-refractivity contribution >= 4 is 11.7 Å². The first-order valence-electron chi connectivity index (χ1n) is 7.16. The third-order valence-electron chi connectivity index (χ3n) is 3.46. The molecule has 22 heavy (non-hydrogen) atoms. The number of rotatable bonds is 4. The minimum atomic E-state index is -0.174. The summed E-state index contributed by atoms with van der Waals surface area (Å²) in [7, 11) is 0. The summed E-state index contributed by atoms with van der Waals surface area (Å²) in [6.45, 7) is 3.44. The van der Waals surface area contributed by atoms with Crippen LogP contribution in [0, 0.1) is 0 Å². The Labute approximate surface area is 128 Å². The van der Waals surface area contributed by atoms with E-state index >= 15 is 0 Å². The lowest BCUT2D eigenvalue weighted by molar-refractivity contribution is 0.0950. The molecule has 0 radical (unpaired) electrons. The first kappa shape index (κ1) is 14.4. The van der Waals surface area contributed by atoms with Crippen LogP contribution in [0.5, 0.6) is 0 Å². The topological polar surface area (TPSA) is 80.2 Å². The fraction of sp³-hybridized carbons (Fsp3) is 0.333. The molecule has 1 fully saturated rings. The van der Waals surface area contributed by atoms with Crippen molar-refractivity contribution in [3.8, 4) is 0 Å². The second kappa shape index (κ2) is 6.95. The zero-order valence-corrected chi connectivity index (χ0v) is 12.1. The van der Waals surface area contributed by atoms with Crippen molar-refractivity contribution in [1.29, 1.82) is 0 Å². The van der Waals surface area contributed by atoms with Gasteiger partial charge in [-0.15, -0.1) is 0 Å². The van der Waals surface area contributed by atoms with Crippen LogP contribution in [0.3, 0.4) is 0 Å². The van der Waals surface area contributed by atoms with Gasteiger partial charge < -0.3 is 15.0 Å². The first-order valence-corrected chi connectivity index (χ1v) is 7.16. The van der Waals surface area contributed by atoms with E-state index in [-0.39, 0.29) is 5.91 Å². The summed E-state index contributed by atoms with van der Waals surface area (Å²) < 4.78 is 5.37. The van der Waals surface area contributed by atoms with Crippen LogP contribution in [0.4, 0.5) is 5.82 Å². The summed E-state index contributed by atoms with van der Waals surface area (Å²) in [5.74, 6) is 0.727. The van der Waals surface area contributed by atoms with Gasteiger partial charge in [-0.2, -0.15) is 10.2 Å². The van der Waals surface area contributed by atoms with E-state index < -0.39 is 0 Å². The predicted octanol–water partition coefficient (Wildman–Crippen LogP) is 0.638. The van der Waals surface area contributed by atoms with E-state index in [0.717, 1.165) is 24.5 Å². The molecular formula is C15H17N5O2. The fourth-order valence-electron chi connectivity index (χ4n) is 2.33. The molecule has 7 nitrogen and oxygen atoms in total. The summed E-state index contributed by atoms with van der Waals surface area (Å²) in [6, 6.07) is 5.48. The number of carbonyl (C=O) groups is 1. The lowest BCUT2D eigenvalue weighted by Crippen LogP contribution is -2.37. The summed E-state index contributed by atoms with van der Waals surface area (Å²) in [5, 5.41) is 10.3.